The second kappa shape index (κ2) is 4.06. The fourth-order valence-electron chi connectivity index (χ4n) is 1.15. The second-order valence-corrected chi connectivity index (χ2v) is 3.12. The van der Waals surface area contributed by atoms with Gasteiger partial charge in [-0.2, -0.15) is 0 Å². The molecular formula is C9H12N2O3. The maximum absolute atomic E-state index is 10.5. The molecule has 0 bridgehead atoms. The van der Waals surface area contributed by atoms with Crippen molar-refractivity contribution in [3.05, 3.63) is 33.9 Å². The molecular weight excluding hydrogens is 184 g/mol. The molecule has 0 heterocycles. The third-order valence-corrected chi connectivity index (χ3v) is 1.95. The van der Waals surface area contributed by atoms with Crippen LogP contribution in [0.1, 0.15) is 5.56 Å². The zero-order chi connectivity index (χ0) is 10.7. The molecule has 1 aromatic rings. The molecule has 0 aliphatic rings. The van der Waals surface area contributed by atoms with Gasteiger partial charge >= 0.3 is 0 Å². The molecule has 0 spiro atoms. The van der Waals surface area contributed by atoms with Crippen molar-refractivity contribution in [2.24, 2.45) is 0 Å². The van der Waals surface area contributed by atoms with E-state index in [0.717, 1.165) is 5.69 Å². The van der Waals surface area contributed by atoms with E-state index in [0.29, 0.717) is 5.56 Å². The van der Waals surface area contributed by atoms with E-state index in [-0.39, 0.29) is 12.3 Å². The smallest absolute Gasteiger partial charge is 0.275 e. The molecule has 1 aromatic carbocycles. The van der Waals surface area contributed by atoms with Crippen LogP contribution >= 0.6 is 0 Å². The van der Waals surface area contributed by atoms with Crippen LogP contribution in [-0.2, 0) is 6.61 Å². The molecule has 0 aliphatic heterocycles. The Bertz CT molecular complexity index is 350. The Morgan fingerprint density at radius 1 is 1.50 bits per heavy atom. The van der Waals surface area contributed by atoms with Crippen molar-refractivity contribution >= 4 is 11.4 Å². The van der Waals surface area contributed by atoms with Crippen LogP contribution in [0.4, 0.5) is 11.4 Å². The van der Waals surface area contributed by atoms with Gasteiger partial charge in [-0.3, -0.25) is 10.1 Å². The number of anilines is 1. The lowest BCUT2D eigenvalue weighted by Gasteiger charge is -2.12. The molecule has 76 valence electrons. The Balaban J connectivity index is 3.18. The number of hydrogen-bond donors (Lipinski definition) is 1. The van der Waals surface area contributed by atoms with Crippen molar-refractivity contribution in [3.63, 3.8) is 0 Å². The molecule has 14 heavy (non-hydrogen) atoms. The van der Waals surface area contributed by atoms with E-state index in [1.54, 1.807) is 12.1 Å². The summed E-state index contributed by atoms with van der Waals surface area (Å²) in [5, 5.41) is 19.5. The topological polar surface area (TPSA) is 66.6 Å². The summed E-state index contributed by atoms with van der Waals surface area (Å²) < 4.78 is 0. The minimum absolute atomic E-state index is 0.0434. The van der Waals surface area contributed by atoms with Crippen LogP contribution in [0.15, 0.2) is 18.2 Å². The average molecular weight is 196 g/mol. The Morgan fingerprint density at radius 3 is 2.57 bits per heavy atom. The minimum atomic E-state index is -0.495. The molecule has 5 nitrogen and oxygen atoms in total. The highest BCUT2D eigenvalue weighted by molar-refractivity contribution is 5.54. The molecule has 0 saturated heterocycles. The van der Waals surface area contributed by atoms with Crippen LogP contribution in [0.2, 0.25) is 0 Å². The normalized spacial score (nSPS) is 9.93. The first-order valence-corrected chi connectivity index (χ1v) is 4.11. The standard InChI is InChI=1S/C9H12N2O3/c1-10(2)8-3-4-9(11(13)14)7(5-8)6-12/h3-5,12H,6H2,1-2H3. The molecule has 0 fully saturated rings. The lowest BCUT2D eigenvalue weighted by molar-refractivity contribution is -0.385. The molecule has 0 aliphatic carbocycles. The maximum atomic E-state index is 10.5. The van der Waals surface area contributed by atoms with Crippen LogP contribution < -0.4 is 4.90 Å². The van der Waals surface area contributed by atoms with E-state index < -0.39 is 4.92 Å². The Hall–Kier alpha value is -1.62. The quantitative estimate of drug-likeness (QED) is 0.581. The first-order valence-electron chi connectivity index (χ1n) is 4.11. The third-order valence-electron chi connectivity index (χ3n) is 1.95. The van der Waals surface area contributed by atoms with Gasteiger partial charge in [0.2, 0.25) is 0 Å². The van der Waals surface area contributed by atoms with Gasteiger partial charge in [0.25, 0.3) is 5.69 Å². The summed E-state index contributed by atoms with van der Waals surface area (Å²) in [5.74, 6) is 0. The number of nitro groups is 1. The number of hydrogen-bond acceptors (Lipinski definition) is 4. The predicted molar refractivity (Wildman–Crippen MR) is 53.3 cm³/mol. The van der Waals surface area contributed by atoms with E-state index in [1.165, 1.54) is 6.07 Å². The van der Waals surface area contributed by atoms with E-state index in [2.05, 4.69) is 0 Å². The molecule has 0 atom stereocenters. The van der Waals surface area contributed by atoms with Crippen LogP contribution in [0.25, 0.3) is 0 Å². The average Bonchev–Trinajstić information content (AvgIpc) is 2.16. The Kier molecular flexibility index (Phi) is 3.03. The molecule has 0 unspecified atom stereocenters. The summed E-state index contributed by atoms with van der Waals surface area (Å²) in [5.41, 5.74) is 1.12. The van der Waals surface area contributed by atoms with Crippen molar-refractivity contribution in [1.29, 1.82) is 0 Å². The van der Waals surface area contributed by atoms with Crippen LogP contribution in [0.5, 0.6) is 0 Å². The third kappa shape index (κ3) is 2.00. The minimum Gasteiger partial charge on any atom is -0.391 e. The zero-order valence-corrected chi connectivity index (χ0v) is 8.10. The fraction of sp³-hybridized carbons (Fsp3) is 0.333. The fourth-order valence-corrected chi connectivity index (χ4v) is 1.15. The highest BCUT2D eigenvalue weighted by Gasteiger charge is 2.13. The molecule has 0 radical (unpaired) electrons. The van der Waals surface area contributed by atoms with E-state index >= 15 is 0 Å². The van der Waals surface area contributed by atoms with Crippen molar-refractivity contribution < 1.29 is 10.0 Å². The number of aliphatic hydroxyl groups is 1. The molecule has 5 heteroatoms. The second-order valence-electron chi connectivity index (χ2n) is 3.12. The van der Waals surface area contributed by atoms with Crippen LogP contribution in [-0.4, -0.2) is 24.1 Å². The van der Waals surface area contributed by atoms with E-state index in [1.807, 2.05) is 19.0 Å². The first-order chi connectivity index (χ1) is 6.56. The van der Waals surface area contributed by atoms with Gasteiger partial charge in [0.1, 0.15) is 0 Å². The number of benzene rings is 1. The van der Waals surface area contributed by atoms with Gasteiger partial charge in [-0.05, 0) is 12.1 Å². The molecule has 1 rings (SSSR count). The van der Waals surface area contributed by atoms with Gasteiger partial charge in [-0.25, -0.2) is 0 Å². The molecule has 0 saturated carbocycles. The van der Waals surface area contributed by atoms with Gasteiger partial charge in [-0.15, -0.1) is 0 Å². The van der Waals surface area contributed by atoms with Gasteiger partial charge in [0, 0.05) is 25.8 Å². The van der Waals surface area contributed by atoms with E-state index in [4.69, 9.17) is 5.11 Å². The van der Waals surface area contributed by atoms with Crippen molar-refractivity contribution in [3.8, 4) is 0 Å². The van der Waals surface area contributed by atoms with Gasteiger partial charge in [0.15, 0.2) is 0 Å². The summed E-state index contributed by atoms with van der Waals surface area (Å²) in [4.78, 5) is 11.9. The monoisotopic (exact) mass is 196 g/mol. The predicted octanol–water partition coefficient (Wildman–Crippen LogP) is 1.15. The number of rotatable bonds is 3. The Morgan fingerprint density at radius 2 is 2.14 bits per heavy atom. The van der Waals surface area contributed by atoms with Crippen molar-refractivity contribution in [1.82, 2.24) is 0 Å². The van der Waals surface area contributed by atoms with Crippen LogP contribution in [0.3, 0.4) is 0 Å². The first kappa shape index (κ1) is 10.5. The SMILES string of the molecule is CN(C)c1ccc([N+](=O)[O-])c(CO)c1. The summed E-state index contributed by atoms with van der Waals surface area (Å²) >= 11 is 0. The van der Waals surface area contributed by atoms with Gasteiger partial charge in [0.05, 0.1) is 17.1 Å². The highest BCUT2D eigenvalue weighted by Crippen LogP contribution is 2.23. The van der Waals surface area contributed by atoms with Crippen molar-refractivity contribution in [2.75, 3.05) is 19.0 Å². The summed E-state index contributed by atoms with van der Waals surface area (Å²) in [6.07, 6.45) is 0. The Labute approximate surface area is 81.7 Å². The lowest BCUT2D eigenvalue weighted by atomic mass is 10.1. The van der Waals surface area contributed by atoms with Crippen LogP contribution in [0, 0.1) is 10.1 Å². The zero-order valence-electron chi connectivity index (χ0n) is 8.10. The molecule has 0 amide bonds. The number of aliphatic hydroxyl groups excluding tert-OH is 1. The highest BCUT2D eigenvalue weighted by atomic mass is 16.6. The van der Waals surface area contributed by atoms with E-state index in [9.17, 15) is 10.1 Å². The van der Waals surface area contributed by atoms with Gasteiger partial charge in [-0.1, -0.05) is 0 Å². The summed E-state index contributed by atoms with van der Waals surface area (Å²) in [6, 6.07) is 4.66. The molecule has 1 N–H and O–H groups in total. The van der Waals surface area contributed by atoms with Gasteiger partial charge < -0.3 is 10.0 Å². The molecule has 0 aromatic heterocycles. The number of nitrogens with zero attached hydrogens (tertiary/aromatic N) is 2. The summed E-state index contributed by atoms with van der Waals surface area (Å²) in [6.45, 7) is -0.321. The number of nitro benzene ring substituents is 1. The lowest BCUT2D eigenvalue weighted by Crippen LogP contribution is -2.09. The summed E-state index contributed by atoms with van der Waals surface area (Å²) in [7, 11) is 3.67. The largest absolute Gasteiger partial charge is 0.391 e. The van der Waals surface area contributed by atoms with Crippen molar-refractivity contribution in [2.45, 2.75) is 6.61 Å². The maximum Gasteiger partial charge on any atom is 0.275 e.